The SMILES string of the molecule is CCNCc1nnc(N2CCCN(CCO)CC2)o1. The minimum atomic E-state index is 0.216. The predicted molar refractivity (Wildman–Crippen MR) is 72.0 cm³/mol. The van der Waals surface area contributed by atoms with E-state index in [1.807, 2.05) is 6.92 Å². The molecular formula is C12H23N5O2. The molecule has 0 unspecified atom stereocenters. The second-order valence-corrected chi connectivity index (χ2v) is 4.66. The number of hydrogen-bond donors (Lipinski definition) is 2. The van der Waals surface area contributed by atoms with Crippen molar-refractivity contribution in [2.75, 3.05) is 50.8 Å². The number of aliphatic hydroxyl groups excluding tert-OH is 1. The van der Waals surface area contributed by atoms with Gasteiger partial charge in [-0.1, -0.05) is 12.0 Å². The zero-order chi connectivity index (χ0) is 13.5. The minimum Gasteiger partial charge on any atom is -0.407 e. The second-order valence-electron chi connectivity index (χ2n) is 4.66. The molecule has 0 saturated carbocycles. The number of aromatic nitrogens is 2. The van der Waals surface area contributed by atoms with Gasteiger partial charge in [-0.2, -0.15) is 0 Å². The first-order chi connectivity index (χ1) is 9.33. The number of anilines is 1. The molecule has 1 aromatic heterocycles. The van der Waals surface area contributed by atoms with Gasteiger partial charge in [-0.15, -0.1) is 5.10 Å². The van der Waals surface area contributed by atoms with Crippen LogP contribution in [0, 0.1) is 0 Å². The number of aliphatic hydroxyl groups is 1. The van der Waals surface area contributed by atoms with Gasteiger partial charge < -0.3 is 19.7 Å². The van der Waals surface area contributed by atoms with E-state index in [9.17, 15) is 0 Å². The monoisotopic (exact) mass is 269 g/mol. The summed E-state index contributed by atoms with van der Waals surface area (Å²) in [6.45, 7) is 8.22. The maximum absolute atomic E-state index is 8.98. The minimum absolute atomic E-state index is 0.216. The molecule has 1 saturated heterocycles. The van der Waals surface area contributed by atoms with Crippen LogP contribution in [0.5, 0.6) is 0 Å². The van der Waals surface area contributed by atoms with Gasteiger partial charge in [-0.05, 0) is 19.5 Å². The summed E-state index contributed by atoms with van der Waals surface area (Å²) in [5.41, 5.74) is 0. The fourth-order valence-electron chi connectivity index (χ4n) is 2.20. The summed E-state index contributed by atoms with van der Waals surface area (Å²) in [6, 6.07) is 0.610. The van der Waals surface area contributed by atoms with Crippen molar-refractivity contribution in [3.63, 3.8) is 0 Å². The Hall–Kier alpha value is -1.18. The van der Waals surface area contributed by atoms with Crippen LogP contribution in [0.1, 0.15) is 19.2 Å². The van der Waals surface area contributed by atoms with Gasteiger partial charge in [0.15, 0.2) is 0 Å². The van der Waals surface area contributed by atoms with Crippen LogP contribution in [0.3, 0.4) is 0 Å². The summed E-state index contributed by atoms with van der Waals surface area (Å²) in [5.74, 6) is 0.633. The molecule has 1 fully saturated rings. The fourth-order valence-corrected chi connectivity index (χ4v) is 2.20. The Bertz CT molecular complexity index is 371. The van der Waals surface area contributed by atoms with Gasteiger partial charge in [0.25, 0.3) is 0 Å². The van der Waals surface area contributed by atoms with Crippen LogP contribution in [0.25, 0.3) is 0 Å². The largest absolute Gasteiger partial charge is 0.407 e. The highest BCUT2D eigenvalue weighted by Gasteiger charge is 2.18. The van der Waals surface area contributed by atoms with Crippen molar-refractivity contribution in [2.45, 2.75) is 19.9 Å². The van der Waals surface area contributed by atoms with Gasteiger partial charge in [0.2, 0.25) is 5.89 Å². The van der Waals surface area contributed by atoms with Crippen LogP contribution in [0.2, 0.25) is 0 Å². The molecule has 7 heteroatoms. The van der Waals surface area contributed by atoms with Gasteiger partial charge in [-0.3, -0.25) is 4.90 Å². The van der Waals surface area contributed by atoms with Crippen LogP contribution in [-0.4, -0.2) is 66.1 Å². The molecule has 2 rings (SSSR count). The van der Waals surface area contributed by atoms with Gasteiger partial charge in [0.1, 0.15) is 0 Å². The van der Waals surface area contributed by atoms with E-state index in [-0.39, 0.29) is 6.61 Å². The lowest BCUT2D eigenvalue weighted by Crippen LogP contribution is -2.32. The highest BCUT2D eigenvalue weighted by atomic mass is 16.4. The number of hydrogen-bond acceptors (Lipinski definition) is 7. The molecule has 2 heterocycles. The van der Waals surface area contributed by atoms with Crippen molar-refractivity contribution < 1.29 is 9.52 Å². The van der Waals surface area contributed by atoms with E-state index in [1.165, 1.54) is 0 Å². The van der Waals surface area contributed by atoms with E-state index >= 15 is 0 Å². The van der Waals surface area contributed by atoms with E-state index in [0.717, 1.165) is 45.7 Å². The molecule has 7 nitrogen and oxygen atoms in total. The van der Waals surface area contributed by atoms with Crippen molar-refractivity contribution in [3.05, 3.63) is 5.89 Å². The molecule has 2 N–H and O–H groups in total. The molecule has 1 aliphatic rings. The summed E-state index contributed by atoms with van der Waals surface area (Å²) in [6.07, 6.45) is 1.05. The Labute approximate surface area is 113 Å². The van der Waals surface area contributed by atoms with Crippen molar-refractivity contribution in [2.24, 2.45) is 0 Å². The average Bonchev–Trinajstić information content (AvgIpc) is 2.77. The van der Waals surface area contributed by atoms with Crippen LogP contribution in [-0.2, 0) is 6.54 Å². The zero-order valence-electron chi connectivity index (χ0n) is 11.5. The van der Waals surface area contributed by atoms with Crippen LogP contribution in [0.4, 0.5) is 6.01 Å². The molecule has 0 bridgehead atoms. The maximum Gasteiger partial charge on any atom is 0.318 e. The molecular weight excluding hydrogens is 246 g/mol. The van der Waals surface area contributed by atoms with Crippen molar-refractivity contribution in [1.82, 2.24) is 20.4 Å². The third kappa shape index (κ3) is 4.15. The maximum atomic E-state index is 8.98. The third-order valence-electron chi connectivity index (χ3n) is 3.26. The lowest BCUT2D eigenvalue weighted by molar-refractivity contribution is 0.204. The Morgan fingerprint density at radius 2 is 2.16 bits per heavy atom. The van der Waals surface area contributed by atoms with Gasteiger partial charge >= 0.3 is 6.01 Å². The van der Waals surface area contributed by atoms with E-state index in [4.69, 9.17) is 9.52 Å². The van der Waals surface area contributed by atoms with Gasteiger partial charge in [0, 0.05) is 26.2 Å². The van der Waals surface area contributed by atoms with Gasteiger partial charge in [0.05, 0.1) is 13.2 Å². The molecule has 0 radical (unpaired) electrons. The zero-order valence-corrected chi connectivity index (χ0v) is 11.5. The Morgan fingerprint density at radius 3 is 2.95 bits per heavy atom. The molecule has 0 spiro atoms. The first-order valence-corrected chi connectivity index (χ1v) is 6.94. The molecule has 0 atom stereocenters. The van der Waals surface area contributed by atoms with E-state index in [1.54, 1.807) is 0 Å². The molecule has 108 valence electrons. The van der Waals surface area contributed by atoms with Gasteiger partial charge in [-0.25, -0.2) is 0 Å². The van der Waals surface area contributed by atoms with Crippen molar-refractivity contribution in [1.29, 1.82) is 0 Å². The van der Waals surface area contributed by atoms with Crippen LogP contribution < -0.4 is 10.2 Å². The quantitative estimate of drug-likeness (QED) is 0.733. The average molecular weight is 269 g/mol. The summed E-state index contributed by atoms with van der Waals surface area (Å²) in [7, 11) is 0. The first-order valence-electron chi connectivity index (χ1n) is 6.94. The first kappa shape index (κ1) is 14.2. The van der Waals surface area contributed by atoms with E-state index in [0.29, 0.717) is 18.5 Å². The summed E-state index contributed by atoms with van der Waals surface area (Å²) < 4.78 is 5.65. The van der Waals surface area contributed by atoms with Crippen molar-refractivity contribution in [3.8, 4) is 0 Å². The highest BCUT2D eigenvalue weighted by Crippen LogP contribution is 2.14. The molecule has 0 aliphatic carbocycles. The summed E-state index contributed by atoms with van der Waals surface area (Å²) in [5, 5.41) is 20.3. The Kier molecular flexibility index (Phi) is 5.56. The number of β-amino-alcohol motifs (C(OH)–C–C–N with tert-alkyl or cyclic N) is 1. The van der Waals surface area contributed by atoms with Crippen molar-refractivity contribution >= 4 is 6.01 Å². The predicted octanol–water partition coefficient (Wildman–Crippen LogP) is -0.316. The molecule has 0 amide bonds. The van der Waals surface area contributed by atoms with Crippen LogP contribution >= 0.6 is 0 Å². The third-order valence-corrected chi connectivity index (χ3v) is 3.26. The number of nitrogens with zero attached hydrogens (tertiary/aromatic N) is 4. The van der Waals surface area contributed by atoms with E-state index in [2.05, 4.69) is 25.3 Å². The van der Waals surface area contributed by atoms with E-state index < -0.39 is 0 Å². The summed E-state index contributed by atoms with van der Waals surface area (Å²) >= 11 is 0. The number of rotatable bonds is 6. The van der Waals surface area contributed by atoms with Crippen LogP contribution in [0.15, 0.2) is 4.42 Å². The Morgan fingerprint density at radius 1 is 1.26 bits per heavy atom. The molecule has 1 aliphatic heterocycles. The lowest BCUT2D eigenvalue weighted by atomic mass is 10.4. The Balaban J connectivity index is 1.88. The number of nitrogens with one attached hydrogen (secondary N) is 1. The summed E-state index contributed by atoms with van der Waals surface area (Å²) in [4.78, 5) is 4.38. The topological polar surface area (TPSA) is 77.7 Å². The highest BCUT2D eigenvalue weighted by molar-refractivity contribution is 5.24. The molecule has 0 aromatic carbocycles. The normalized spacial score (nSPS) is 17.7. The standard InChI is InChI=1S/C12H23N5O2/c1-2-13-10-11-14-15-12(19-11)17-5-3-4-16(6-7-17)8-9-18/h13,18H,2-10H2,1H3. The second kappa shape index (κ2) is 7.42. The smallest absolute Gasteiger partial charge is 0.318 e. The lowest BCUT2D eigenvalue weighted by Gasteiger charge is -2.19. The molecule has 19 heavy (non-hydrogen) atoms. The molecule has 1 aromatic rings. The fraction of sp³-hybridized carbons (Fsp3) is 0.833.